The van der Waals surface area contributed by atoms with Crippen LogP contribution in [0.2, 0.25) is 5.02 Å². The van der Waals surface area contributed by atoms with E-state index in [0.29, 0.717) is 34.9 Å². The monoisotopic (exact) mass is 410 g/mol. The Morgan fingerprint density at radius 1 is 1.30 bits per heavy atom. The fourth-order valence-corrected chi connectivity index (χ4v) is 3.69. The minimum Gasteiger partial charge on any atom is -0.385 e. The van der Waals surface area contributed by atoms with Crippen LogP contribution in [0.1, 0.15) is 33.1 Å². The van der Waals surface area contributed by atoms with Gasteiger partial charge in [0.2, 0.25) is 5.91 Å². The first-order valence-electron chi connectivity index (χ1n) is 9.19. The minimum atomic E-state index is 0.0134. The molecular formula is C19H27ClN4O2S. The molecule has 0 bridgehead atoms. The molecular weight excluding hydrogens is 384 g/mol. The number of rotatable bonds is 11. The second kappa shape index (κ2) is 11.3. The fourth-order valence-electron chi connectivity index (χ4n) is 2.70. The third-order valence-electron chi connectivity index (χ3n) is 4.24. The average molecular weight is 411 g/mol. The number of methoxy groups -OCH3 is 1. The van der Waals surface area contributed by atoms with E-state index >= 15 is 0 Å². The number of carbonyl (C=O) groups excluding carboxylic acids is 1. The third-order valence-corrected chi connectivity index (χ3v) is 5.54. The maximum Gasteiger partial charge on any atom is 0.230 e. The molecule has 0 atom stereocenters. The van der Waals surface area contributed by atoms with Crippen LogP contribution in [0.4, 0.5) is 0 Å². The number of halogens is 1. The molecule has 2 aromatic rings. The van der Waals surface area contributed by atoms with Crippen LogP contribution in [0.3, 0.4) is 0 Å². The maximum atomic E-state index is 12.2. The number of thioether (sulfide) groups is 1. The molecule has 0 saturated heterocycles. The highest BCUT2D eigenvalue weighted by Crippen LogP contribution is 2.29. The van der Waals surface area contributed by atoms with E-state index in [2.05, 4.69) is 29.4 Å². The summed E-state index contributed by atoms with van der Waals surface area (Å²) in [6.07, 6.45) is 2.67. The van der Waals surface area contributed by atoms with Gasteiger partial charge in [-0.3, -0.25) is 4.79 Å². The lowest BCUT2D eigenvalue weighted by Crippen LogP contribution is -2.35. The van der Waals surface area contributed by atoms with Crippen molar-refractivity contribution in [2.45, 2.75) is 50.9 Å². The topological polar surface area (TPSA) is 69.0 Å². The summed E-state index contributed by atoms with van der Waals surface area (Å²) in [5, 5.41) is 13.0. The van der Waals surface area contributed by atoms with Crippen molar-refractivity contribution in [3.63, 3.8) is 0 Å². The lowest BCUT2D eigenvalue weighted by molar-refractivity contribution is -0.119. The van der Waals surface area contributed by atoms with Crippen molar-refractivity contribution < 1.29 is 9.53 Å². The molecule has 2 rings (SSSR count). The molecule has 0 aliphatic heterocycles. The first-order chi connectivity index (χ1) is 13.1. The molecule has 27 heavy (non-hydrogen) atoms. The smallest absolute Gasteiger partial charge is 0.230 e. The van der Waals surface area contributed by atoms with Crippen molar-refractivity contribution in [3.05, 3.63) is 29.3 Å². The Kier molecular flexibility index (Phi) is 9.10. The van der Waals surface area contributed by atoms with Gasteiger partial charge in [0.25, 0.3) is 0 Å². The van der Waals surface area contributed by atoms with Crippen molar-refractivity contribution >= 4 is 29.3 Å². The Morgan fingerprint density at radius 2 is 2.04 bits per heavy atom. The normalized spacial score (nSPS) is 11.1. The highest BCUT2D eigenvalue weighted by Gasteiger charge is 2.18. The zero-order valence-electron chi connectivity index (χ0n) is 16.1. The van der Waals surface area contributed by atoms with E-state index in [1.807, 2.05) is 28.8 Å². The Balaban J connectivity index is 2.15. The molecule has 1 aromatic carbocycles. The maximum absolute atomic E-state index is 12.2. The molecule has 8 heteroatoms. The average Bonchev–Trinajstić information content (AvgIpc) is 3.07. The van der Waals surface area contributed by atoms with Gasteiger partial charge in [-0.25, -0.2) is 0 Å². The second-order valence-electron chi connectivity index (χ2n) is 6.15. The van der Waals surface area contributed by atoms with Gasteiger partial charge >= 0.3 is 0 Å². The zero-order valence-corrected chi connectivity index (χ0v) is 17.6. The third kappa shape index (κ3) is 6.23. The van der Waals surface area contributed by atoms with Crippen LogP contribution in [0.5, 0.6) is 0 Å². The molecule has 0 aliphatic rings. The number of hydrogen-bond donors (Lipinski definition) is 1. The van der Waals surface area contributed by atoms with Gasteiger partial charge in [0, 0.05) is 31.9 Å². The van der Waals surface area contributed by atoms with Gasteiger partial charge in [0.1, 0.15) is 0 Å². The fraction of sp³-hybridized carbons (Fsp3) is 0.526. The molecule has 1 aromatic heterocycles. The minimum absolute atomic E-state index is 0.0134. The summed E-state index contributed by atoms with van der Waals surface area (Å²) < 4.78 is 7.17. The summed E-state index contributed by atoms with van der Waals surface area (Å²) >= 11 is 7.73. The number of benzene rings is 1. The van der Waals surface area contributed by atoms with Crippen LogP contribution in [0.15, 0.2) is 29.4 Å². The van der Waals surface area contributed by atoms with Crippen molar-refractivity contribution in [2.24, 2.45) is 0 Å². The molecule has 1 N–H and O–H groups in total. The SMILES string of the molecule is CCC(CC)NC(=O)CSc1nnc(-c2ccccc2Cl)n1CCCOC. The molecule has 0 aliphatic carbocycles. The van der Waals surface area contributed by atoms with E-state index in [1.54, 1.807) is 7.11 Å². The first kappa shape index (κ1) is 21.7. The quantitative estimate of drug-likeness (QED) is 0.447. The molecule has 0 saturated carbocycles. The van der Waals surface area contributed by atoms with Gasteiger partial charge in [-0.15, -0.1) is 10.2 Å². The lowest BCUT2D eigenvalue weighted by Gasteiger charge is -2.14. The van der Waals surface area contributed by atoms with Crippen LogP contribution in [-0.4, -0.2) is 46.2 Å². The summed E-state index contributed by atoms with van der Waals surface area (Å²) in [5.41, 5.74) is 0.831. The Labute approximate surface area is 170 Å². The van der Waals surface area contributed by atoms with E-state index in [0.717, 1.165) is 24.8 Å². The second-order valence-corrected chi connectivity index (χ2v) is 7.50. The first-order valence-corrected chi connectivity index (χ1v) is 10.6. The van der Waals surface area contributed by atoms with E-state index < -0.39 is 0 Å². The van der Waals surface area contributed by atoms with Crippen LogP contribution >= 0.6 is 23.4 Å². The van der Waals surface area contributed by atoms with E-state index in [-0.39, 0.29) is 11.9 Å². The van der Waals surface area contributed by atoms with Gasteiger partial charge in [0.15, 0.2) is 11.0 Å². The number of aromatic nitrogens is 3. The van der Waals surface area contributed by atoms with Gasteiger partial charge in [-0.2, -0.15) is 0 Å². The Morgan fingerprint density at radius 3 is 2.70 bits per heavy atom. The van der Waals surface area contributed by atoms with E-state index in [9.17, 15) is 4.79 Å². The summed E-state index contributed by atoms with van der Waals surface area (Å²) in [5.74, 6) is 1.03. The number of amides is 1. The van der Waals surface area contributed by atoms with E-state index in [4.69, 9.17) is 16.3 Å². The molecule has 6 nitrogen and oxygen atoms in total. The highest BCUT2D eigenvalue weighted by molar-refractivity contribution is 7.99. The summed E-state index contributed by atoms with van der Waals surface area (Å²) in [7, 11) is 1.68. The van der Waals surface area contributed by atoms with Crippen LogP contribution in [0, 0.1) is 0 Å². The summed E-state index contributed by atoms with van der Waals surface area (Å²) in [6.45, 7) is 5.48. The van der Waals surface area contributed by atoms with E-state index in [1.165, 1.54) is 11.8 Å². The predicted octanol–water partition coefficient (Wildman–Crippen LogP) is 4.03. The Hall–Kier alpha value is -1.57. The standard InChI is InChI=1S/C19H27ClN4O2S/c1-4-14(5-2)21-17(25)13-27-19-23-22-18(24(19)11-8-12-26-3)15-9-6-7-10-16(15)20/h6-7,9-10,14H,4-5,8,11-13H2,1-3H3,(H,21,25). The predicted molar refractivity (Wildman–Crippen MR) is 110 cm³/mol. The number of nitrogens with zero attached hydrogens (tertiary/aromatic N) is 3. The summed E-state index contributed by atoms with van der Waals surface area (Å²) in [6, 6.07) is 7.78. The largest absolute Gasteiger partial charge is 0.385 e. The molecule has 1 heterocycles. The molecule has 148 valence electrons. The van der Waals surface area contributed by atoms with Crippen LogP contribution in [-0.2, 0) is 16.1 Å². The van der Waals surface area contributed by atoms with Crippen LogP contribution in [0.25, 0.3) is 11.4 Å². The van der Waals surface area contributed by atoms with Crippen molar-refractivity contribution in [3.8, 4) is 11.4 Å². The van der Waals surface area contributed by atoms with Crippen molar-refractivity contribution in [1.29, 1.82) is 0 Å². The lowest BCUT2D eigenvalue weighted by atomic mass is 10.2. The molecule has 0 fully saturated rings. The molecule has 0 radical (unpaired) electrons. The number of carbonyl (C=O) groups is 1. The van der Waals surface area contributed by atoms with Gasteiger partial charge in [-0.1, -0.05) is 49.3 Å². The highest BCUT2D eigenvalue weighted by atomic mass is 35.5. The molecule has 0 spiro atoms. The van der Waals surface area contributed by atoms with Crippen LogP contribution < -0.4 is 5.32 Å². The molecule has 1 amide bonds. The van der Waals surface area contributed by atoms with Crippen molar-refractivity contribution in [1.82, 2.24) is 20.1 Å². The van der Waals surface area contributed by atoms with Gasteiger partial charge < -0.3 is 14.6 Å². The van der Waals surface area contributed by atoms with Gasteiger partial charge in [0.05, 0.1) is 10.8 Å². The molecule has 0 unspecified atom stereocenters. The Bertz CT molecular complexity index is 734. The van der Waals surface area contributed by atoms with Gasteiger partial charge in [-0.05, 0) is 31.4 Å². The van der Waals surface area contributed by atoms with Crippen molar-refractivity contribution in [2.75, 3.05) is 19.5 Å². The number of ether oxygens (including phenoxy) is 1. The number of hydrogen-bond acceptors (Lipinski definition) is 5. The summed E-state index contributed by atoms with van der Waals surface area (Å²) in [4.78, 5) is 12.2. The zero-order chi connectivity index (χ0) is 19.6. The number of nitrogens with one attached hydrogen (secondary N) is 1.